The van der Waals surface area contributed by atoms with Crippen LogP contribution in [0.2, 0.25) is 10.0 Å². The summed E-state index contributed by atoms with van der Waals surface area (Å²) in [7, 11) is 0. The van der Waals surface area contributed by atoms with Crippen LogP contribution in [0.4, 0.5) is 11.4 Å². The number of nitrogens with one attached hydrogen (secondary N) is 1. The smallest absolute Gasteiger partial charge is 0.316 e. The van der Waals surface area contributed by atoms with Crippen molar-refractivity contribution in [2.45, 2.75) is 19.4 Å². The topological polar surface area (TPSA) is 49.4 Å². The molecule has 1 heterocycles. The van der Waals surface area contributed by atoms with Crippen LogP contribution in [0.3, 0.4) is 0 Å². The summed E-state index contributed by atoms with van der Waals surface area (Å²) in [6.45, 7) is 1.92. The average molecular weight is 349 g/mol. The Morgan fingerprint density at radius 1 is 1.17 bits per heavy atom. The maximum absolute atomic E-state index is 12.5. The fraction of sp³-hybridized carbons (Fsp3) is 0.176. The molecule has 2 amide bonds. The minimum Gasteiger partial charge on any atom is -0.316 e. The Hall–Kier alpha value is -2.04. The molecule has 23 heavy (non-hydrogen) atoms. The van der Waals surface area contributed by atoms with Crippen molar-refractivity contribution in [2.75, 3.05) is 10.2 Å². The molecule has 1 aliphatic rings. The first-order valence-electron chi connectivity index (χ1n) is 7.15. The van der Waals surface area contributed by atoms with Crippen LogP contribution in [-0.2, 0) is 16.0 Å². The number of fused-ring (bicyclic) bond motifs is 1. The number of benzene rings is 2. The molecule has 4 nitrogen and oxygen atoms in total. The van der Waals surface area contributed by atoms with Gasteiger partial charge in [0.2, 0.25) is 0 Å². The van der Waals surface area contributed by atoms with E-state index in [1.165, 1.54) is 11.0 Å². The van der Waals surface area contributed by atoms with Gasteiger partial charge < -0.3 is 10.2 Å². The summed E-state index contributed by atoms with van der Waals surface area (Å²) in [5.41, 5.74) is 2.20. The number of carbonyl (C=O) groups excluding carboxylic acids is 2. The zero-order chi connectivity index (χ0) is 16.6. The molecule has 3 rings (SSSR count). The summed E-state index contributed by atoms with van der Waals surface area (Å²) in [4.78, 5) is 26.4. The van der Waals surface area contributed by atoms with Gasteiger partial charge in [0, 0.05) is 16.8 Å². The van der Waals surface area contributed by atoms with E-state index in [0.29, 0.717) is 10.7 Å². The van der Waals surface area contributed by atoms with Gasteiger partial charge in [-0.3, -0.25) is 9.59 Å². The van der Waals surface area contributed by atoms with Crippen LogP contribution in [-0.4, -0.2) is 17.9 Å². The molecule has 6 heteroatoms. The molecular formula is C17H14Cl2N2O2. The minimum absolute atomic E-state index is 0.0636. The van der Waals surface area contributed by atoms with Crippen molar-refractivity contribution >= 4 is 46.4 Å². The lowest BCUT2D eigenvalue weighted by Gasteiger charge is -2.22. The SMILES string of the molecule is CC1Cc2ccccc2N1C(=O)C(=O)Nc1ccc(Cl)cc1Cl. The van der Waals surface area contributed by atoms with E-state index < -0.39 is 11.8 Å². The number of para-hydroxylation sites is 1. The van der Waals surface area contributed by atoms with Gasteiger partial charge in [0.1, 0.15) is 0 Å². The monoisotopic (exact) mass is 348 g/mol. The van der Waals surface area contributed by atoms with Gasteiger partial charge >= 0.3 is 11.8 Å². The van der Waals surface area contributed by atoms with Gasteiger partial charge in [-0.25, -0.2) is 0 Å². The molecule has 1 N–H and O–H groups in total. The summed E-state index contributed by atoms with van der Waals surface area (Å²) < 4.78 is 0. The van der Waals surface area contributed by atoms with Crippen molar-refractivity contribution in [1.82, 2.24) is 0 Å². The van der Waals surface area contributed by atoms with Gasteiger partial charge in [0.25, 0.3) is 0 Å². The first-order chi connectivity index (χ1) is 11.0. The Bertz CT molecular complexity index is 792. The second-order valence-electron chi connectivity index (χ2n) is 5.44. The predicted octanol–water partition coefficient (Wildman–Crippen LogP) is 3.91. The highest BCUT2D eigenvalue weighted by molar-refractivity contribution is 6.46. The number of hydrogen-bond donors (Lipinski definition) is 1. The Morgan fingerprint density at radius 2 is 1.91 bits per heavy atom. The Kier molecular flexibility index (Phi) is 4.28. The Morgan fingerprint density at radius 3 is 2.65 bits per heavy atom. The quantitative estimate of drug-likeness (QED) is 0.794. The summed E-state index contributed by atoms with van der Waals surface area (Å²) >= 11 is 11.8. The second kappa shape index (κ2) is 6.22. The Labute approximate surface area is 144 Å². The lowest BCUT2D eigenvalue weighted by atomic mass is 10.1. The number of halogens is 2. The number of hydrogen-bond acceptors (Lipinski definition) is 2. The molecule has 0 saturated heterocycles. The van der Waals surface area contributed by atoms with E-state index in [9.17, 15) is 9.59 Å². The van der Waals surface area contributed by atoms with E-state index in [1.54, 1.807) is 12.1 Å². The first-order valence-corrected chi connectivity index (χ1v) is 7.90. The zero-order valence-electron chi connectivity index (χ0n) is 12.3. The number of rotatable bonds is 1. The van der Waals surface area contributed by atoms with Crippen molar-refractivity contribution in [3.8, 4) is 0 Å². The minimum atomic E-state index is -0.724. The molecule has 0 fully saturated rings. The van der Waals surface area contributed by atoms with Gasteiger partial charge in [0.15, 0.2) is 0 Å². The van der Waals surface area contributed by atoms with E-state index in [4.69, 9.17) is 23.2 Å². The van der Waals surface area contributed by atoms with Gasteiger partial charge in [0.05, 0.1) is 10.7 Å². The number of amides is 2. The fourth-order valence-electron chi connectivity index (χ4n) is 2.75. The highest BCUT2D eigenvalue weighted by atomic mass is 35.5. The Balaban J connectivity index is 1.82. The third-order valence-corrected chi connectivity index (χ3v) is 4.35. The van der Waals surface area contributed by atoms with E-state index >= 15 is 0 Å². The van der Waals surface area contributed by atoms with Crippen LogP contribution in [0, 0.1) is 0 Å². The molecule has 1 unspecified atom stereocenters. The molecule has 1 atom stereocenters. The maximum atomic E-state index is 12.5. The molecule has 0 aromatic heterocycles. The number of anilines is 2. The molecule has 2 aromatic carbocycles. The summed E-state index contributed by atoms with van der Waals surface area (Å²) in [5.74, 6) is -1.33. The standard InChI is InChI=1S/C17H14Cl2N2O2/c1-10-8-11-4-2-3-5-15(11)21(10)17(23)16(22)20-14-7-6-12(18)9-13(14)19/h2-7,9-10H,8H2,1H3,(H,20,22). The predicted molar refractivity (Wildman–Crippen MR) is 92.2 cm³/mol. The molecule has 0 saturated carbocycles. The fourth-order valence-corrected chi connectivity index (χ4v) is 3.21. The summed E-state index contributed by atoms with van der Waals surface area (Å²) in [5, 5.41) is 3.29. The molecule has 0 radical (unpaired) electrons. The van der Waals surface area contributed by atoms with Crippen LogP contribution in [0.15, 0.2) is 42.5 Å². The lowest BCUT2D eigenvalue weighted by Crippen LogP contribution is -2.43. The van der Waals surface area contributed by atoms with Crippen molar-refractivity contribution < 1.29 is 9.59 Å². The highest BCUT2D eigenvalue weighted by Gasteiger charge is 2.34. The van der Waals surface area contributed by atoms with Gasteiger partial charge in [-0.1, -0.05) is 41.4 Å². The van der Waals surface area contributed by atoms with Crippen molar-refractivity contribution in [3.63, 3.8) is 0 Å². The molecule has 1 aliphatic heterocycles. The molecule has 0 bridgehead atoms. The maximum Gasteiger partial charge on any atom is 0.316 e. The van der Waals surface area contributed by atoms with E-state index in [2.05, 4.69) is 5.32 Å². The van der Waals surface area contributed by atoms with Gasteiger partial charge in [-0.2, -0.15) is 0 Å². The van der Waals surface area contributed by atoms with E-state index in [1.807, 2.05) is 31.2 Å². The van der Waals surface area contributed by atoms with Crippen LogP contribution in [0.1, 0.15) is 12.5 Å². The van der Waals surface area contributed by atoms with Crippen LogP contribution < -0.4 is 10.2 Å². The second-order valence-corrected chi connectivity index (χ2v) is 6.28. The summed E-state index contributed by atoms with van der Waals surface area (Å²) in [6, 6.07) is 12.2. The summed E-state index contributed by atoms with van der Waals surface area (Å²) in [6.07, 6.45) is 0.733. The molecule has 0 spiro atoms. The number of carbonyl (C=O) groups is 2. The third-order valence-electron chi connectivity index (χ3n) is 3.80. The largest absolute Gasteiger partial charge is 0.316 e. The van der Waals surface area contributed by atoms with Crippen molar-refractivity contribution in [1.29, 1.82) is 0 Å². The highest BCUT2D eigenvalue weighted by Crippen LogP contribution is 2.32. The van der Waals surface area contributed by atoms with Gasteiger partial charge in [-0.05, 0) is 43.2 Å². The normalized spacial score (nSPS) is 16.1. The van der Waals surface area contributed by atoms with E-state index in [-0.39, 0.29) is 11.1 Å². The third kappa shape index (κ3) is 3.05. The molecule has 0 aliphatic carbocycles. The van der Waals surface area contributed by atoms with Crippen LogP contribution >= 0.6 is 23.2 Å². The average Bonchev–Trinajstić information content (AvgIpc) is 2.85. The van der Waals surface area contributed by atoms with Gasteiger partial charge in [-0.15, -0.1) is 0 Å². The van der Waals surface area contributed by atoms with Crippen molar-refractivity contribution in [3.05, 3.63) is 58.1 Å². The molecule has 118 valence electrons. The molecule has 2 aromatic rings. The van der Waals surface area contributed by atoms with Crippen LogP contribution in [0.5, 0.6) is 0 Å². The number of nitrogens with zero attached hydrogens (tertiary/aromatic N) is 1. The first kappa shape index (κ1) is 15.8. The molecular weight excluding hydrogens is 335 g/mol. The van der Waals surface area contributed by atoms with E-state index in [0.717, 1.165) is 17.7 Å². The van der Waals surface area contributed by atoms with Crippen LogP contribution in [0.25, 0.3) is 0 Å². The van der Waals surface area contributed by atoms with Crippen molar-refractivity contribution in [2.24, 2.45) is 0 Å². The lowest BCUT2D eigenvalue weighted by molar-refractivity contribution is -0.134. The zero-order valence-corrected chi connectivity index (χ0v) is 13.9.